The lowest BCUT2D eigenvalue weighted by Crippen LogP contribution is -2.16. The molecule has 3 rings (SSSR count). The average Bonchev–Trinajstić information content (AvgIpc) is 2.83. The summed E-state index contributed by atoms with van der Waals surface area (Å²) in [6.07, 6.45) is 5.18. The van der Waals surface area contributed by atoms with Crippen LogP contribution in [-0.4, -0.2) is 17.9 Å². The quantitative estimate of drug-likeness (QED) is 0.845. The number of thiophene rings is 1. The number of aliphatic hydroxyl groups is 1. The van der Waals surface area contributed by atoms with Gasteiger partial charge in [-0.3, -0.25) is 4.99 Å². The molecule has 0 saturated carbocycles. The van der Waals surface area contributed by atoms with Crippen LogP contribution in [0.25, 0.3) is 10.4 Å². The highest BCUT2D eigenvalue weighted by molar-refractivity contribution is 7.15. The van der Waals surface area contributed by atoms with Gasteiger partial charge in [0.15, 0.2) is 0 Å². The Bertz CT molecular complexity index is 748. The van der Waals surface area contributed by atoms with Crippen LogP contribution in [0.1, 0.15) is 22.1 Å². The summed E-state index contributed by atoms with van der Waals surface area (Å²) < 4.78 is 0. The Balaban J connectivity index is 2.07. The Hall–Kier alpha value is -1.42. The number of hydrogen-bond acceptors (Lipinski definition) is 3. The molecule has 1 aliphatic heterocycles. The molecule has 2 heterocycles. The van der Waals surface area contributed by atoms with Crippen molar-refractivity contribution in [2.75, 3.05) is 6.54 Å². The van der Waals surface area contributed by atoms with Crippen molar-refractivity contribution in [1.82, 2.24) is 0 Å². The first-order chi connectivity index (χ1) is 10.6. The number of rotatable bonds is 3. The summed E-state index contributed by atoms with van der Waals surface area (Å²) in [5.41, 5.74) is 3.23. The molecule has 1 N–H and O–H groups in total. The van der Waals surface area contributed by atoms with E-state index in [0.29, 0.717) is 11.6 Å². The molecule has 2 atom stereocenters. The topological polar surface area (TPSA) is 32.6 Å². The molecular formula is C18H18ClNOS. The number of aryl methyl sites for hydroxylation is 1. The summed E-state index contributed by atoms with van der Waals surface area (Å²) in [6, 6.07) is 7.81. The summed E-state index contributed by atoms with van der Waals surface area (Å²) in [5.74, 6) is 0.0237. The molecule has 0 aliphatic carbocycles. The van der Waals surface area contributed by atoms with E-state index >= 15 is 0 Å². The first kappa shape index (κ1) is 15.5. The van der Waals surface area contributed by atoms with Gasteiger partial charge in [0.2, 0.25) is 0 Å². The average molecular weight is 332 g/mol. The van der Waals surface area contributed by atoms with Crippen molar-refractivity contribution >= 4 is 29.2 Å². The first-order valence-electron chi connectivity index (χ1n) is 7.28. The van der Waals surface area contributed by atoms with Gasteiger partial charge in [0, 0.05) is 39.0 Å². The third-order valence-electron chi connectivity index (χ3n) is 4.09. The van der Waals surface area contributed by atoms with Crippen LogP contribution in [0.4, 0.5) is 0 Å². The van der Waals surface area contributed by atoms with Crippen molar-refractivity contribution in [1.29, 1.82) is 0 Å². The van der Waals surface area contributed by atoms with Crippen molar-refractivity contribution in [3.8, 4) is 10.4 Å². The minimum Gasteiger partial charge on any atom is -0.388 e. The largest absolute Gasteiger partial charge is 0.388 e. The van der Waals surface area contributed by atoms with Gasteiger partial charge in [0.05, 0.1) is 6.10 Å². The first-order valence-corrected chi connectivity index (χ1v) is 8.48. The predicted molar refractivity (Wildman–Crippen MR) is 95.2 cm³/mol. The van der Waals surface area contributed by atoms with Gasteiger partial charge in [-0.25, -0.2) is 0 Å². The summed E-state index contributed by atoms with van der Waals surface area (Å²) in [5, 5.41) is 11.6. The molecule has 0 saturated heterocycles. The van der Waals surface area contributed by atoms with Crippen LogP contribution >= 0.6 is 22.9 Å². The molecule has 1 aliphatic rings. The van der Waals surface area contributed by atoms with Crippen LogP contribution in [0.5, 0.6) is 0 Å². The molecule has 1 aromatic heterocycles. The maximum atomic E-state index is 10.9. The standard InChI is InChI=1S/C18H18ClNOS/c1-11-12(2)22-18(13-5-3-7-15(19)9-13)16(11)17(21)14-6-4-8-20-10-14/h3-9,14,17,21H,10H2,1-2H3. The molecule has 0 radical (unpaired) electrons. The molecule has 2 aromatic rings. The van der Waals surface area contributed by atoms with E-state index in [2.05, 4.69) is 18.8 Å². The van der Waals surface area contributed by atoms with E-state index < -0.39 is 6.10 Å². The fourth-order valence-electron chi connectivity index (χ4n) is 2.76. The fourth-order valence-corrected chi connectivity index (χ4v) is 4.15. The van der Waals surface area contributed by atoms with Crippen LogP contribution in [0, 0.1) is 19.8 Å². The Morgan fingerprint density at radius 1 is 1.36 bits per heavy atom. The monoisotopic (exact) mass is 331 g/mol. The zero-order chi connectivity index (χ0) is 15.7. The summed E-state index contributed by atoms with van der Waals surface area (Å²) in [4.78, 5) is 6.60. The lowest BCUT2D eigenvalue weighted by Gasteiger charge is -2.21. The molecule has 2 nitrogen and oxygen atoms in total. The Morgan fingerprint density at radius 2 is 2.18 bits per heavy atom. The van der Waals surface area contributed by atoms with Gasteiger partial charge in [0.25, 0.3) is 0 Å². The molecule has 4 heteroatoms. The van der Waals surface area contributed by atoms with E-state index in [1.54, 1.807) is 17.6 Å². The number of hydrogen-bond donors (Lipinski definition) is 1. The SMILES string of the molecule is Cc1sc(-c2cccc(Cl)c2)c(C(O)C2C=CC=NC2)c1C. The van der Waals surface area contributed by atoms with Crippen LogP contribution in [0.2, 0.25) is 5.02 Å². The molecule has 1 aromatic carbocycles. The van der Waals surface area contributed by atoms with E-state index in [9.17, 15) is 5.11 Å². The van der Waals surface area contributed by atoms with E-state index in [4.69, 9.17) is 11.6 Å². The number of halogens is 1. The van der Waals surface area contributed by atoms with E-state index in [-0.39, 0.29) is 5.92 Å². The highest BCUT2D eigenvalue weighted by Gasteiger charge is 2.26. The maximum Gasteiger partial charge on any atom is 0.0887 e. The normalized spacial score (nSPS) is 18.6. The van der Waals surface area contributed by atoms with Crippen LogP contribution in [-0.2, 0) is 0 Å². The molecule has 0 spiro atoms. The smallest absolute Gasteiger partial charge is 0.0887 e. The molecule has 2 unspecified atom stereocenters. The van der Waals surface area contributed by atoms with E-state index in [0.717, 1.165) is 21.6 Å². The van der Waals surface area contributed by atoms with Crippen molar-refractivity contribution in [3.63, 3.8) is 0 Å². The number of dihydropyridines is 1. The minimum atomic E-state index is -0.548. The molecular weight excluding hydrogens is 314 g/mol. The highest BCUT2D eigenvalue weighted by Crippen LogP contribution is 2.42. The van der Waals surface area contributed by atoms with Gasteiger partial charge in [0.1, 0.15) is 0 Å². The molecule has 0 amide bonds. The van der Waals surface area contributed by atoms with Gasteiger partial charge in [-0.05, 0) is 43.2 Å². The van der Waals surface area contributed by atoms with Gasteiger partial charge in [-0.2, -0.15) is 0 Å². The Labute approximate surface area is 139 Å². The fraction of sp³-hybridized carbons (Fsp3) is 0.278. The second kappa shape index (κ2) is 6.37. The lowest BCUT2D eigenvalue weighted by molar-refractivity contribution is 0.135. The summed E-state index contributed by atoms with van der Waals surface area (Å²) in [6.45, 7) is 4.80. The lowest BCUT2D eigenvalue weighted by atomic mass is 9.90. The van der Waals surface area contributed by atoms with E-state index in [1.165, 1.54) is 4.88 Å². The zero-order valence-corrected chi connectivity index (χ0v) is 14.2. The predicted octanol–water partition coefficient (Wildman–Crippen LogP) is 4.98. The maximum absolute atomic E-state index is 10.9. The second-order valence-corrected chi connectivity index (χ2v) is 7.21. The third-order valence-corrected chi connectivity index (χ3v) is 5.59. The van der Waals surface area contributed by atoms with Crippen LogP contribution < -0.4 is 0 Å². The highest BCUT2D eigenvalue weighted by atomic mass is 35.5. The van der Waals surface area contributed by atoms with Crippen molar-refractivity contribution in [2.45, 2.75) is 20.0 Å². The van der Waals surface area contributed by atoms with Gasteiger partial charge in [-0.1, -0.05) is 29.8 Å². The van der Waals surface area contributed by atoms with E-state index in [1.807, 2.05) is 36.4 Å². The van der Waals surface area contributed by atoms with Gasteiger partial charge >= 0.3 is 0 Å². The zero-order valence-electron chi connectivity index (χ0n) is 12.6. The Morgan fingerprint density at radius 3 is 2.86 bits per heavy atom. The minimum absolute atomic E-state index is 0.0237. The van der Waals surface area contributed by atoms with Gasteiger partial charge in [-0.15, -0.1) is 11.3 Å². The van der Waals surface area contributed by atoms with Crippen molar-refractivity contribution < 1.29 is 5.11 Å². The van der Waals surface area contributed by atoms with Crippen molar-refractivity contribution in [2.24, 2.45) is 10.9 Å². The Kier molecular flexibility index (Phi) is 4.48. The molecule has 114 valence electrons. The molecule has 0 bridgehead atoms. The third kappa shape index (κ3) is 2.89. The molecule has 0 fully saturated rings. The number of aliphatic hydroxyl groups excluding tert-OH is 1. The van der Waals surface area contributed by atoms with Gasteiger partial charge < -0.3 is 5.11 Å². The van der Waals surface area contributed by atoms with Crippen molar-refractivity contribution in [3.05, 3.63) is 57.4 Å². The van der Waals surface area contributed by atoms with Crippen LogP contribution in [0.15, 0.2) is 41.4 Å². The molecule has 22 heavy (non-hydrogen) atoms. The number of benzene rings is 1. The number of aliphatic imine (C=N–C) groups is 1. The number of allylic oxidation sites excluding steroid dienone is 1. The van der Waals surface area contributed by atoms with Crippen LogP contribution in [0.3, 0.4) is 0 Å². The summed E-state index contributed by atoms with van der Waals surface area (Å²) in [7, 11) is 0. The second-order valence-electron chi connectivity index (χ2n) is 5.54. The number of nitrogens with zero attached hydrogens (tertiary/aromatic N) is 1. The summed E-state index contributed by atoms with van der Waals surface area (Å²) >= 11 is 7.85.